The molecule has 2 heterocycles. The van der Waals surface area contributed by atoms with Crippen LogP contribution in [0.3, 0.4) is 0 Å². The number of nitrogens with zero attached hydrogens (tertiary/aromatic N) is 4. The number of carbonyl (C=O) groups is 1. The van der Waals surface area contributed by atoms with Gasteiger partial charge in [0.2, 0.25) is 0 Å². The summed E-state index contributed by atoms with van der Waals surface area (Å²) in [7, 11) is 2.13. The molecule has 1 aliphatic rings. The van der Waals surface area contributed by atoms with Gasteiger partial charge in [0.25, 0.3) is 5.91 Å². The molecule has 1 unspecified atom stereocenters. The minimum Gasteiger partial charge on any atom is -0.322 e. The van der Waals surface area contributed by atoms with Gasteiger partial charge in [0, 0.05) is 23.7 Å². The summed E-state index contributed by atoms with van der Waals surface area (Å²) in [6.45, 7) is 4.12. The van der Waals surface area contributed by atoms with E-state index < -0.39 is 0 Å². The Morgan fingerprint density at radius 2 is 2.00 bits per heavy atom. The smallest absolute Gasteiger partial charge is 0.255 e. The van der Waals surface area contributed by atoms with Crippen LogP contribution >= 0.6 is 0 Å². The van der Waals surface area contributed by atoms with Crippen molar-refractivity contribution in [2.45, 2.75) is 19.3 Å². The minimum atomic E-state index is -0.140. The summed E-state index contributed by atoms with van der Waals surface area (Å²) in [4.78, 5) is 14.9. The molecule has 1 atom stereocenters. The van der Waals surface area contributed by atoms with Gasteiger partial charge in [-0.3, -0.25) is 4.79 Å². The molecule has 1 aromatic heterocycles. The maximum atomic E-state index is 12.6. The van der Waals surface area contributed by atoms with Crippen LogP contribution in [-0.4, -0.2) is 45.9 Å². The molecule has 1 amide bonds. The Morgan fingerprint density at radius 3 is 2.74 bits per heavy atom. The van der Waals surface area contributed by atoms with Crippen LogP contribution in [0.5, 0.6) is 0 Å². The average molecular weight is 361 g/mol. The molecule has 0 radical (unpaired) electrons. The zero-order chi connectivity index (χ0) is 18.8. The lowest BCUT2D eigenvalue weighted by Crippen LogP contribution is -2.13. The molecule has 0 bridgehead atoms. The van der Waals surface area contributed by atoms with Gasteiger partial charge in [0.15, 0.2) is 0 Å². The fourth-order valence-corrected chi connectivity index (χ4v) is 3.40. The molecular weight excluding hydrogens is 338 g/mol. The molecule has 1 saturated heterocycles. The Morgan fingerprint density at radius 1 is 1.19 bits per heavy atom. The van der Waals surface area contributed by atoms with Gasteiger partial charge < -0.3 is 10.2 Å². The normalized spacial score (nSPS) is 17.2. The Labute approximate surface area is 158 Å². The molecule has 0 aliphatic carbocycles. The Kier molecular flexibility index (Phi) is 4.73. The molecular formula is C21H23N5O. The number of benzene rings is 2. The van der Waals surface area contributed by atoms with Crippen LogP contribution in [0.1, 0.15) is 34.0 Å². The predicted molar refractivity (Wildman–Crippen MR) is 105 cm³/mol. The number of likely N-dealkylation sites (N-methyl/N-ethyl adjacent to an activating group) is 1. The molecule has 2 aromatic carbocycles. The van der Waals surface area contributed by atoms with Gasteiger partial charge in [0.05, 0.1) is 17.6 Å². The maximum Gasteiger partial charge on any atom is 0.255 e. The van der Waals surface area contributed by atoms with Gasteiger partial charge >= 0.3 is 0 Å². The number of carbonyl (C=O) groups excluding carboxylic acids is 1. The quantitative estimate of drug-likeness (QED) is 0.775. The van der Waals surface area contributed by atoms with E-state index in [0.717, 1.165) is 42.1 Å². The standard InChI is InChI=1S/C21H23N5O/c1-15-6-8-18(9-7-15)22-21(27)16-4-3-5-19(12-16)26-14-20(23-24-26)17-10-11-25(2)13-17/h3-9,12,14,17H,10-11,13H2,1-2H3,(H,22,27). The fraction of sp³-hybridized carbons (Fsp3) is 0.286. The molecule has 0 spiro atoms. The van der Waals surface area contributed by atoms with E-state index in [0.29, 0.717) is 11.5 Å². The highest BCUT2D eigenvalue weighted by molar-refractivity contribution is 6.04. The summed E-state index contributed by atoms with van der Waals surface area (Å²) >= 11 is 0. The van der Waals surface area contributed by atoms with E-state index in [1.165, 1.54) is 0 Å². The second-order valence-corrected chi connectivity index (χ2v) is 7.21. The molecule has 1 N–H and O–H groups in total. The molecule has 3 aromatic rings. The molecule has 6 heteroatoms. The lowest BCUT2D eigenvalue weighted by Gasteiger charge is -2.08. The van der Waals surface area contributed by atoms with E-state index in [1.807, 2.05) is 55.6 Å². The number of aromatic nitrogens is 3. The van der Waals surface area contributed by atoms with Crippen LogP contribution in [0.15, 0.2) is 54.7 Å². The third kappa shape index (κ3) is 3.90. The number of hydrogen-bond donors (Lipinski definition) is 1. The van der Waals surface area contributed by atoms with Gasteiger partial charge in [-0.1, -0.05) is 29.0 Å². The summed E-state index contributed by atoms with van der Waals surface area (Å²) in [6, 6.07) is 15.2. The number of nitrogens with one attached hydrogen (secondary N) is 1. The van der Waals surface area contributed by atoms with Gasteiger partial charge in [-0.25, -0.2) is 4.68 Å². The lowest BCUT2D eigenvalue weighted by atomic mass is 10.1. The molecule has 1 aliphatic heterocycles. The van der Waals surface area contributed by atoms with E-state index >= 15 is 0 Å². The zero-order valence-electron chi connectivity index (χ0n) is 15.6. The average Bonchev–Trinajstić information content (AvgIpc) is 3.33. The van der Waals surface area contributed by atoms with Crippen molar-refractivity contribution in [1.82, 2.24) is 19.9 Å². The Balaban J connectivity index is 1.51. The Hall–Kier alpha value is -2.99. The second-order valence-electron chi connectivity index (χ2n) is 7.21. The Bertz CT molecular complexity index is 947. The first kappa shape index (κ1) is 17.4. The topological polar surface area (TPSA) is 63.1 Å². The molecule has 4 rings (SSSR count). The van der Waals surface area contributed by atoms with Crippen molar-refractivity contribution in [2.75, 3.05) is 25.5 Å². The van der Waals surface area contributed by atoms with Crippen LogP contribution in [0, 0.1) is 6.92 Å². The molecule has 1 fully saturated rings. The number of anilines is 1. The van der Waals surface area contributed by atoms with Crippen LogP contribution in [0.2, 0.25) is 0 Å². The van der Waals surface area contributed by atoms with Crippen LogP contribution < -0.4 is 5.32 Å². The summed E-state index contributed by atoms with van der Waals surface area (Å²) in [5.74, 6) is 0.287. The van der Waals surface area contributed by atoms with Crippen molar-refractivity contribution < 1.29 is 4.79 Å². The molecule has 27 heavy (non-hydrogen) atoms. The van der Waals surface area contributed by atoms with E-state index in [9.17, 15) is 4.79 Å². The van der Waals surface area contributed by atoms with Gasteiger partial charge in [-0.2, -0.15) is 0 Å². The highest BCUT2D eigenvalue weighted by Gasteiger charge is 2.23. The van der Waals surface area contributed by atoms with Crippen LogP contribution in [0.25, 0.3) is 5.69 Å². The number of aryl methyl sites for hydroxylation is 1. The van der Waals surface area contributed by atoms with E-state index in [4.69, 9.17) is 0 Å². The zero-order valence-corrected chi connectivity index (χ0v) is 15.6. The largest absolute Gasteiger partial charge is 0.322 e. The fourth-order valence-electron chi connectivity index (χ4n) is 3.40. The molecule has 0 saturated carbocycles. The first-order valence-corrected chi connectivity index (χ1v) is 9.18. The summed E-state index contributed by atoms with van der Waals surface area (Å²) in [5, 5.41) is 11.5. The summed E-state index contributed by atoms with van der Waals surface area (Å²) < 4.78 is 1.75. The van der Waals surface area contributed by atoms with Gasteiger partial charge in [-0.05, 0) is 57.3 Å². The van der Waals surface area contributed by atoms with Crippen molar-refractivity contribution in [3.05, 3.63) is 71.5 Å². The molecule has 138 valence electrons. The number of amides is 1. The summed E-state index contributed by atoms with van der Waals surface area (Å²) in [6.07, 6.45) is 3.08. The van der Waals surface area contributed by atoms with Gasteiger partial charge in [-0.15, -0.1) is 5.10 Å². The first-order valence-electron chi connectivity index (χ1n) is 9.18. The third-order valence-electron chi connectivity index (χ3n) is 5.00. The monoisotopic (exact) mass is 361 g/mol. The lowest BCUT2D eigenvalue weighted by molar-refractivity contribution is 0.102. The molecule has 6 nitrogen and oxygen atoms in total. The van der Waals surface area contributed by atoms with Gasteiger partial charge in [0.1, 0.15) is 0 Å². The van der Waals surface area contributed by atoms with E-state index in [1.54, 1.807) is 10.7 Å². The van der Waals surface area contributed by atoms with Crippen molar-refractivity contribution in [3.8, 4) is 5.69 Å². The van der Waals surface area contributed by atoms with E-state index in [-0.39, 0.29) is 5.91 Å². The summed E-state index contributed by atoms with van der Waals surface area (Å²) in [5.41, 5.74) is 4.37. The van der Waals surface area contributed by atoms with Crippen LogP contribution in [-0.2, 0) is 0 Å². The van der Waals surface area contributed by atoms with Crippen molar-refractivity contribution in [1.29, 1.82) is 0 Å². The SMILES string of the molecule is Cc1ccc(NC(=O)c2cccc(-n3cc(C4CCN(C)C4)nn3)c2)cc1. The second kappa shape index (κ2) is 7.32. The first-order chi connectivity index (χ1) is 13.1. The number of rotatable bonds is 4. The maximum absolute atomic E-state index is 12.6. The number of likely N-dealkylation sites (tertiary alicyclic amines) is 1. The van der Waals surface area contributed by atoms with Crippen LogP contribution in [0.4, 0.5) is 5.69 Å². The third-order valence-corrected chi connectivity index (χ3v) is 5.00. The highest BCUT2D eigenvalue weighted by Crippen LogP contribution is 2.25. The van der Waals surface area contributed by atoms with Crippen molar-refractivity contribution in [2.24, 2.45) is 0 Å². The number of hydrogen-bond acceptors (Lipinski definition) is 4. The highest BCUT2D eigenvalue weighted by atomic mass is 16.1. The van der Waals surface area contributed by atoms with E-state index in [2.05, 4.69) is 27.6 Å². The minimum absolute atomic E-state index is 0.140. The van der Waals surface area contributed by atoms with Crippen molar-refractivity contribution in [3.63, 3.8) is 0 Å². The van der Waals surface area contributed by atoms with Crippen molar-refractivity contribution >= 4 is 11.6 Å². The predicted octanol–water partition coefficient (Wildman–Crippen LogP) is 3.25.